The van der Waals surface area contributed by atoms with Gasteiger partial charge in [0.2, 0.25) is 5.76 Å². The van der Waals surface area contributed by atoms with Gasteiger partial charge in [-0.25, -0.2) is 4.79 Å². The van der Waals surface area contributed by atoms with E-state index < -0.39 is 5.97 Å². The summed E-state index contributed by atoms with van der Waals surface area (Å²) in [6.07, 6.45) is 0. The molecule has 3 aromatic rings. The highest BCUT2D eigenvalue weighted by molar-refractivity contribution is 5.92. The first kappa shape index (κ1) is 18.2. The van der Waals surface area contributed by atoms with Gasteiger partial charge in [-0.15, -0.1) is 0 Å². The highest BCUT2D eigenvalue weighted by Gasteiger charge is 2.13. The van der Waals surface area contributed by atoms with E-state index in [1.807, 2.05) is 36.4 Å². The minimum absolute atomic E-state index is 0.237. The number of hydrogen-bond donors (Lipinski definition) is 1. The maximum Gasteiger partial charge on any atom is 0.374 e. The van der Waals surface area contributed by atoms with E-state index in [2.05, 4.69) is 17.4 Å². The van der Waals surface area contributed by atoms with Crippen LogP contribution < -0.4 is 5.32 Å². The van der Waals surface area contributed by atoms with Crippen LogP contribution in [0.3, 0.4) is 0 Å². The van der Waals surface area contributed by atoms with Crippen molar-refractivity contribution in [2.75, 3.05) is 19.8 Å². The first-order valence-electron chi connectivity index (χ1n) is 8.78. The quantitative estimate of drug-likeness (QED) is 0.467. The zero-order valence-corrected chi connectivity index (χ0v) is 14.9. The van der Waals surface area contributed by atoms with Gasteiger partial charge in [-0.2, -0.15) is 0 Å². The van der Waals surface area contributed by atoms with Crippen LogP contribution in [0.1, 0.15) is 28.6 Å². The lowest BCUT2D eigenvalue weighted by atomic mass is 10.1. The molecule has 0 unspecified atom stereocenters. The van der Waals surface area contributed by atoms with Crippen LogP contribution in [0.2, 0.25) is 0 Å². The third kappa shape index (κ3) is 4.94. The van der Waals surface area contributed by atoms with E-state index >= 15 is 0 Å². The van der Waals surface area contributed by atoms with Gasteiger partial charge in [-0.1, -0.05) is 42.5 Å². The van der Waals surface area contributed by atoms with Crippen molar-refractivity contribution < 1.29 is 18.7 Å². The number of carbonyl (C=O) groups excluding carboxylic acids is 1. The summed E-state index contributed by atoms with van der Waals surface area (Å²) in [7, 11) is 0. The molecule has 5 nitrogen and oxygen atoms in total. The number of fused-ring (bicyclic) bond motifs is 1. The van der Waals surface area contributed by atoms with Crippen molar-refractivity contribution in [2.45, 2.75) is 20.1 Å². The first-order valence-corrected chi connectivity index (χ1v) is 8.78. The predicted octanol–water partition coefficient (Wildman–Crippen LogP) is 3.92. The van der Waals surface area contributed by atoms with Gasteiger partial charge >= 0.3 is 5.97 Å². The third-order valence-corrected chi connectivity index (χ3v) is 3.92. The van der Waals surface area contributed by atoms with Crippen molar-refractivity contribution in [3.05, 3.63) is 71.5 Å². The van der Waals surface area contributed by atoms with E-state index in [0.29, 0.717) is 31.9 Å². The standard InChI is InChI=1S/C21H23NO4/c1-2-25-21(23)20-13-18-9-8-17(12-19(18)26-20)14-22-10-11-24-15-16-6-4-3-5-7-16/h3-9,12-13,22H,2,10-11,14-15H2,1H3. The molecule has 0 aliphatic rings. The average Bonchev–Trinajstić information content (AvgIpc) is 3.09. The van der Waals surface area contributed by atoms with Gasteiger partial charge < -0.3 is 19.2 Å². The maximum atomic E-state index is 11.7. The fourth-order valence-electron chi connectivity index (χ4n) is 2.63. The Kier molecular flexibility index (Phi) is 6.41. The van der Waals surface area contributed by atoms with Gasteiger partial charge in [0, 0.05) is 18.5 Å². The van der Waals surface area contributed by atoms with Crippen molar-refractivity contribution >= 4 is 16.9 Å². The highest BCUT2D eigenvalue weighted by atomic mass is 16.5. The second-order valence-corrected chi connectivity index (χ2v) is 5.92. The molecule has 3 rings (SSSR count). The number of furan rings is 1. The van der Waals surface area contributed by atoms with Crippen LogP contribution in [0.5, 0.6) is 0 Å². The smallest absolute Gasteiger partial charge is 0.374 e. The molecule has 0 radical (unpaired) electrons. The Balaban J connectivity index is 1.44. The zero-order chi connectivity index (χ0) is 18.2. The van der Waals surface area contributed by atoms with Gasteiger partial charge in [-0.05, 0) is 30.2 Å². The van der Waals surface area contributed by atoms with Crippen LogP contribution >= 0.6 is 0 Å². The molecule has 0 fully saturated rings. The van der Waals surface area contributed by atoms with E-state index in [4.69, 9.17) is 13.9 Å². The molecule has 0 atom stereocenters. The Hall–Kier alpha value is -2.63. The van der Waals surface area contributed by atoms with E-state index in [-0.39, 0.29) is 5.76 Å². The molecule has 0 saturated carbocycles. The molecule has 0 bridgehead atoms. The van der Waals surface area contributed by atoms with E-state index in [1.54, 1.807) is 13.0 Å². The van der Waals surface area contributed by atoms with E-state index in [1.165, 1.54) is 5.56 Å². The molecule has 0 saturated heterocycles. The number of esters is 1. The summed E-state index contributed by atoms with van der Waals surface area (Å²) in [4.78, 5) is 11.7. The van der Waals surface area contributed by atoms with Crippen molar-refractivity contribution in [1.82, 2.24) is 5.32 Å². The second-order valence-electron chi connectivity index (χ2n) is 5.92. The summed E-state index contributed by atoms with van der Waals surface area (Å²) in [6, 6.07) is 17.7. The Morgan fingerprint density at radius 1 is 1.08 bits per heavy atom. The van der Waals surface area contributed by atoms with Crippen molar-refractivity contribution in [2.24, 2.45) is 0 Å². The summed E-state index contributed by atoms with van der Waals surface area (Å²) in [6.45, 7) is 4.84. The van der Waals surface area contributed by atoms with Crippen molar-refractivity contribution in [1.29, 1.82) is 0 Å². The molecule has 0 spiro atoms. The maximum absolute atomic E-state index is 11.7. The minimum atomic E-state index is -0.432. The molecule has 5 heteroatoms. The zero-order valence-electron chi connectivity index (χ0n) is 14.9. The van der Waals surface area contributed by atoms with Crippen LogP contribution in [0.15, 0.2) is 59.0 Å². The van der Waals surface area contributed by atoms with Gasteiger partial charge in [0.15, 0.2) is 0 Å². The molecule has 136 valence electrons. The van der Waals surface area contributed by atoms with Crippen LogP contribution in [-0.2, 0) is 22.6 Å². The normalized spacial score (nSPS) is 11.0. The molecular formula is C21H23NO4. The highest BCUT2D eigenvalue weighted by Crippen LogP contribution is 2.21. The lowest BCUT2D eigenvalue weighted by molar-refractivity contribution is 0.0492. The monoisotopic (exact) mass is 353 g/mol. The molecular weight excluding hydrogens is 330 g/mol. The molecule has 0 aliphatic carbocycles. The average molecular weight is 353 g/mol. The Morgan fingerprint density at radius 2 is 1.92 bits per heavy atom. The molecule has 0 aliphatic heterocycles. The number of nitrogens with one attached hydrogen (secondary N) is 1. The van der Waals surface area contributed by atoms with Gasteiger partial charge in [0.25, 0.3) is 0 Å². The summed E-state index contributed by atoms with van der Waals surface area (Å²) in [5, 5.41) is 4.24. The first-order chi connectivity index (χ1) is 12.8. The number of ether oxygens (including phenoxy) is 2. The Morgan fingerprint density at radius 3 is 2.73 bits per heavy atom. The summed E-state index contributed by atoms with van der Waals surface area (Å²) in [5.41, 5.74) is 2.95. The molecule has 1 N–H and O–H groups in total. The van der Waals surface area contributed by atoms with Crippen LogP contribution in [-0.4, -0.2) is 25.7 Å². The summed E-state index contributed by atoms with van der Waals surface area (Å²) >= 11 is 0. The van der Waals surface area contributed by atoms with Gasteiger partial charge in [0.05, 0.1) is 19.8 Å². The van der Waals surface area contributed by atoms with Gasteiger partial charge in [-0.3, -0.25) is 0 Å². The lowest BCUT2D eigenvalue weighted by Gasteiger charge is -2.06. The molecule has 1 heterocycles. The lowest BCUT2D eigenvalue weighted by Crippen LogP contribution is -2.19. The molecule has 26 heavy (non-hydrogen) atoms. The molecule has 2 aromatic carbocycles. The van der Waals surface area contributed by atoms with Crippen LogP contribution in [0.4, 0.5) is 0 Å². The molecule has 1 aromatic heterocycles. The third-order valence-electron chi connectivity index (χ3n) is 3.92. The van der Waals surface area contributed by atoms with Crippen LogP contribution in [0.25, 0.3) is 11.0 Å². The number of hydrogen-bond acceptors (Lipinski definition) is 5. The fraction of sp³-hybridized carbons (Fsp3) is 0.286. The number of carbonyl (C=O) groups is 1. The number of benzene rings is 2. The summed E-state index contributed by atoms with van der Waals surface area (Å²) in [5.74, 6) is -0.194. The minimum Gasteiger partial charge on any atom is -0.460 e. The van der Waals surface area contributed by atoms with E-state index in [9.17, 15) is 4.79 Å². The van der Waals surface area contributed by atoms with Gasteiger partial charge in [0.1, 0.15) is 5.58 Å². The largest absolute Gasteiger partial charge is 0.460 e. The van der Waals surface area contributed by atoms with Crippen LogP contribution in [0, 0.1) is 0 Å². The van der Waals surface area contributed by atoms with E-state index in [0.717, 1.165) is 17.5 Å². The molecule has 0 amide bonds. The van der Waals surface area contributed by atoms with Crippen molar-refractivity contribution in [3.8, 4) is 0 Å². The predicted molar refractivity (Wildman–Crippen MR) is 100.0 cm³/mol. The summed E-state index contributed by atoms with van der Waals surface area (Å²) < 4.78 is 16.2. The number of rotatable bonds is 9. The fourth-order valence-corrected chi connectivity index (χ4v) is 2.63. The topological polar surface area (TPSA) is 60.7 Å². The second kappa shape index (κ2) is 9.17. The Bertz CT molecular complexity index is 842. The SMILES string of the molecule is CCOC(=O)c1cc2ccc(CNCCOCc3ccccc3)cc2o1. The van der Waals surface area contributed by atoms with Crippen molar-refractivity contribution in [3.63, 3.8) is 0 Å². The Labute approximate surface area is 152 Å².